The molecule has 4 atom stereocenters. The van der Waals surface area contributed by atoms with E-state index in [9.17, 15) is 55.3 Å². The summed E-state index contributed by atoms with van der Waals surface area (Å²) in [7, 11) is 0. The Balaban J connectivity index is 0.000000226. The standard InChI is InChI=1S/C27H25N3O8.C23H22FN3O5.CH5FIN.CH3I/c1-15-12-25(34)29(26(15)35)11-10-22(31)28-16-6-7-19-17-4-2-3-5-18(17)21(20(19)13-16)14-37-27(36)38-30-23(32)8-9-24(30)33;1-13-10-21(29)27(22(13)30)9-8-20(28)25-14-6-7-17-15-4-2-3-5-16(15)19(18(17)11-14)12-32-23(31)26-24;1-3(2)4;1-2/h2-7,13,15,21H,8-12,14H2,1H3,(H,28,31);2-7,11,13,19H,8-10,12H2,1H3,(H,25,28)(H,26,31);4H2,1H3;1H3. The normalized spacial score (nSPS) is 18.6. The molecule has 3 saturated heterocycles. The van der Waals surface area contributed by atoms with Gasteiger partial charge in [-0.3, -0.25) is 53.0 Å². The second kappa shape index (κ2) is 26.7. The van der Waals surface area contributed by atoms with E-state index in [1.807, 2.05) is 65.6 Å². The van der Waals surface area contributed by atoms with Crippen LogP contribution in [-0.2, 0) is 52.7 Å². The van der Waals surface area contributed by atoms with Crippen LogP contribution in [0.4, 0.5) is 28.3 Å². The van der Waals surface area contributed by atoms with Crippen molar-refractivity contribution in [1.82, 2.24) is 20.4 Å². The van der Waals surface area contributed by atoms with Crippen molar-refractivity contribution in [2.24, 2.45) is 15.8 Å². The van der Waals surface area contributed by atoms with E-state index in [0.29, 0.717) is 16.4 Å². The Kier molecular flexibility index (Phi) is 20.5. The van der Waals surface area contributed by atoms with Gasteiger partial charge in [0.2, 0.25) is 35.4 Å². The number of nitrogens with one attached hydrogen (secondary N) is 3. The van der Waals surface area contributed by atoms with Crippen molar-refractivity contribution in [3.05, 3.63) is 107 Å². The molecule has 9 rings (SSSR count). The first kappa shape index (κ1) is 58.3. The monoisotopic (exact) mass is 1280 g/mol. The molecule has 5 aliphatic rings. The number of nitrogens with two attached hydrogens (primary N) is 1. The zero-order chi connectivity index (χ0) is 55.4. The average molecular weight is 1280 g/mol. The van der Waals surface area contributed by atoms with Crippen molar-refractivity contribution in [3.8, 4) is 22.3 Å². The third-order valence-electron chi connectivity index (χ3n) is 12.7. The average Bonchev–Trinajstić information content (AvgIpc) is 4.13. The van der Waals surface area contributed by atoms with Crippen molar-refractivity contribution < 1.29 is 69.6 Å². The van der Waals surface area contributed by atoms with Gasteiger partial charge in [-0.1, -0.05) is 107 Å². The van der Waals surface area contributed by atoms with Gasteiger partial charge < -0.3 is 20.1 Å². The van der Waals surface area contributed by atoms with E-state index in [1.165, 1.54) is 4.93 Å². The van der Waals surface area contributed by atoms with Crippen LogP contribution < -0.4 is 20.1 Å². The second-order valence-electron chi connectivity index (χ2n) is 17.8. The van der Waals surface area contributed by atoms with Gasteiger partial charge in [0.05, 0.1) is 0 Å². The number of hydrogen-bond donors (Lipinski definition) is 4. The summed E-state index contributed by atoms with van der Waals surface area (Å²) in [5.74, 6) is -4.32. The van der Waals surface area contributed by atoms with Gasteiger partial charge in [-0.15, -0.1) is 0 Å². The van der Waals surface area contributed by atoms with Crippen molar-refractivity contribution in [1.29, 1.82) is 0 Å². The SMILES string of the molecule is CC1CC(=O)N(CCC(=O)Nc2ccc3c(c2)C(COC(=O)NF)c2ccccc2-3)C1=O.CC1CC(=O)N(CCC(=O)Nc2ccc3c(c2)C(COC(=O)ON2C(=O)CCC2=O)c2ccccc2-3)C1=O.CI.CI(N)F. The van der Waals surface area contributed by atoms with Crippen LogP contribution in [0.3, 0.4) is 0 Å². The summed E-state index contributed by atoms with van der Waals surface area (Å²) in [6.45, 7) is 3.26. The molecule has 2 aliphatic carbocycles. The third kappa shape index (κ3) is 14.1. The van der Waals surface area contributed by atoms with E-state index in [2.05, 4.69) is 37.2 Å². The number of hydrogen-bond acceptors (Lipinski definition) is 14. The molecular weight excluding hydrogens is 1220 g/mol. The molecule has 0 aromatic heterocycles. The van der Waals surface area contributed by atoms with Gasteiger partial charge in [0.15, 0.2) is 0 Å². The molecule has 0 saturated carbocycles. The Morgan fingerprint density at radius 3 is 1.42 bits per heavy atom. The number of hydroxylamine groups is 2. The fourth-order valence-corrected chi connectivity index (χ4v) is 9.27. The molecule has 3 fully saturated rings. The Morgan fingerprint density at radius 2 is 1.03 bits per heavy atom. The topological polar surface area (TPSA) is 270 Å². The molecule has 24 heteroatoms. The van der Waals surface area contributed by atoms with Crippen molar-refractivity contribution in [2.45, 2.75) is 64.2 Å². The minimum atomic E-state index is -2.26. The van der Waals surface area contributed by atoms with E-state index in [1.54, 1.807) is 38.1 Å². The van der Waals surface area contributed by atoms with E-state index < -0.39 is 44.7 Å². The number of carbonyl (C=O) groups excluding carboxylic acids is 10. The van der Waals surface area contributed by atoms with Crippen LogP contribution in [0.15, 0.2) is 84.9 Å². The number of imide groups is 3. The minimum absolute atomic E-state index is 0.00921. The van der Waals surface area contributed by atoms with Crippen LogP contribution in [0.5, 0.6) is 0 Å². The maximum atomic E-state index is 12.6. The van der Waals surface area contributed by atoms with E-state index in [0.717, 1.165) is 59.8 Å². The van der Waals surface area contributed by atoms with Crippen LogP contribution in [0, 0.1) is 11.8 Å². The summed E-state index contributed by atoms with van der Waals surface area (Å²) in [6, 6.07) is 26.1. The summed E-state index contributed by atoms with van der Waals surface area (Å²) in [5.41, 5.74) is 9.28. The molecule has 4 aromatic rings. The van der Waals surface area contributed by atoms with Crippen LogP contribution in [0.2, 0.25) is 0 Å². The number of ether oxygens (including phenoxy) is 2. The third-order valence-corrected chi connectivity index (χ3v) is 12.7. The van der Waals surface area contributed by atoms with Gasteiger partial charge in [0.25, 0.3) is 11.8 Å². The number of carbonyl (C=O) groups is 10. The number of amides is 9. The number of halogens is 4. The fourth-order valence-electron chi connectivity index (χ4n) is 9.27. The summed E-state index contributed by atoms with van der Waals surface area (Å²) in [6.07, 6.45) is -2.08. The number of nitrogens with zero attached hydrogens (tertiary/aromatic N) is 3. The number of rotatable bonds is 13. The van der Waals surface area contributed by atoms with E-state index in [4.69, 9.17) is 14.3 Å². The molecule has 4 unspecified atom stereocenters. The fraction of sp³-hybridized carbons (Fsp3) is 0.346. The Hall–Kier alpha value is -6.94. The quantitative estimate of drug-likeness (QED) is 0.0327. The molecular formula is C52H55F2I2N7O13. The first-order valence-corrected chi connectivity index (χ1v) is 30.1. The molecule has 5 N–H and O–H groups in total. The van der Waals surface area contributed by atoms with Crippen LogP contribution in [0.1, 0.15) is 86.5 Å². The van der Waals surface area contributed by atoms with Crippen molar-refractivity contribution in [3.63, 3.8) is 0 Å². The Labute approximate surface area is 457 Å². The number of alkyl halides is 2. The zero-order valence-corrected chi connectivity index (χ0v) is 46.0. The molecule has 9 amide bonds. The van der Waals surface area contributed by atoms with Gasteiger partial charge in [0.1, 0.15) is 13.2 Å². The number of likely N-dealkylation sites (tertiary alicyclic amines) is 2. The van der Waals surface area contributed by atoms with Gasteiger partial charge in [-0.2, -0.15) is 5.54 Å². The first-order chi connectivity index (χ1) is 36.3. The number of anilines is 2. The van der Waals surface area contributed by atoms with Gasteiger partial charge in [0, 0.05) is 86.7 Å². The molecule has 76 heavy (non-hydrogen) atoms. The maximum absolute atomic E-state index is 12.6. The van der Waals surface area contributed by atoms with Crippen molar-refractivity contribution >= 4 is 114 Å². The van der Waals surface area contributed by atoms with Crippen LogP contribution in [-0.4, -0.2) is 111 Å². The predicted octanol–water partition coefficient (Wildman–Crippen LogP) is 7.80. The Morgan fingerprint density at radius 1 is 0.632 bits per heavy atom. The first-order valence-electron chi connectivity index (χ1n) is 23.7. The van der Waals surface area contributed by atoms with Gasteiger partial charge in [-0.25, -0.2) is 9.59 Å². The summed E-state index contributed by atoms with van der Waals surface area (Å²) >= 11 is -0.113. The molecule has 3 aliphatic heterocycles. The summed E-state index contributed by atoms with van der Waals surface area (Å²) < 4.78 is 38.1. The second-order valence-corrected chi connectivity index (χ2v) is 20.4. The van der Waals surface area contributed by atoms with E-state index in [-0.39, 0.29) is 124 Å². The molecule has 20 nitrogen and oxygen atoms in total. The summed E-state index contributed by atoms with van der Waals surface area (Å²) in [5, 5.41) is 6.02. The zero-order valence-electron chi connectivity index (χ0n) is 41.7. The molecule has 0 radical (unpaired) electrons. The molecule has 3 heterocycles. The van der Waals surface area contributed by atoms with Crippen molar-refractivity contribution in [2.75, 3.05) is 46.8 Å². The Bertz CT molecular complexity index is 2910. The number of benzene rings is 4. The molecule has 0 bridgehead atoms. The predicted molar refractivity (Wildman–Crippen MR) is 289 cm³/mol. The molecule has 404 valence electrons. The molecule has 0 spiro atoms. The summed E-state index contributed by atoms with van der Waals surface area (Å²) in [4.78, 5) is 130. The molecule has 4 aromatic carbocycles. The van der Waals surface area contributed by atoms with Gasteiger partial charge in [-0.05, 0) is 73.7 Å². The number of fused-ring (bicyclic) bond motifs is 6. The van der Waals surface area contributed by atoms with Crippen LogP contribution in [0.25, 0.3) is 22.3 Å². The van der Waals surface area contributed by atoms with Crippen LogP contribution >= 0.6 is 43.3 Å². The van der Waals surface area contributed by atoms with E-state index >= 15 is 0 Å². The van der Waals surface area contributed by atoms with Gasteiger partial charge >= 0.3 is 44.7 Å².